The highest BCUT2D eigenvalue weighted by atomic mass is 16.5. The summed E-state index contributed by atoms with van der Waals surface area (Å²) in [5, 5.41) is 18.6. The molecule has 0 amide bonds. The summed E-state index contributed by atoms with van der Waals surface area (Å²) < 4.78 is 5.35. The minimum Gasteiger partial charge on any atom is -0.479 e. The van der Waals surface area contributed by atoms with Gasteiger partial charge in [0.05, 0.1) is 0 Å². The number of ether oxygens (including phenoxy) is 1. The molecule has 2 aromatic carbocycles. The monoisotopic (exact) mass is 286 g/mol. The smallest absolute Gasteiger partial charge is 0.337 e. The molecule has 108 valence electrons. The lowest BCUT2D eigenvalue weighted by molar-refractivity contribution is -0.166. The van der Waals surface area contributed by atoms with Crippen LogP contribution in [0.5, 0.6) is 0 Å². The van der Waals surface area contributed by atoms with E-state index >= 15 is 0 Å². The number of carboxylic acid groups (broad SMARTS) is 2. The highest BCUT2D eigenvalue weighted by Gasteiger charge is 2.29. The van der Waals surface area contributed by atoms with Gasteiger partial charge in [-0.3, -0.25) is 0 Å². The molecule has 5 nitrogen and oxygen atoms in total. The maximum Gasteiger partial charge on any atom is 0.337 e. The third-order valence-corrected chi connectivity index (χ3v) is 2.93. The molecule has 2 N–H and O–H groups in total. The van der Waals surface area contributed by atoms with Gasteiger partial charge in [-0.2, -0.15) is 0 Å². The Morgan fingerprint density at radius 1 is 0.714 bits per heavy atom. The van der Waals surface area contributed by atoms with Gasteiger partial charge in [0.1, 0.15) is 0 Å². The largest absolute Gasteiger partial charge is 0.479 e. The van der Waals surface area contributed by atoms with Gasteiger partial charge in [0.25, 0.3) is 0 Å². The van der Waals surface area contributed by atoms with Gasteiger partial charge in [0.15, 0.2) is 12.2 Å². The fraction of sp³-hybridized carbons (Fsp3) is 0.125. The van der Waals surface area contributed by atoms with E-state index in [0.29, 0.717) is 11.1 Å². The van der Waals surface area contributed by atoms with Gasteiger partial charge in [-0.25, -0.2) is 9.59 Å². The Balaban J connectivity index is 2.30. The highest BCUT2D eigenvalue weighted by Crippen LogP contribution is 2.27. The van der Waals surface area contributed by atoms with Gasteiger partial charge in [-0.15, -0.1) is 0 Å². The van der Waals surface area contributed by atoms with Crippen LogP contribution in [0.3, 0.4) is 0 Å². The van der Waals surface area contributed by atoms with Gasteiger partial charge in [-0.05, 0) is 11.1 Å². The second kappa shape index (κ2) is 6.67. The lowest BCUT2D eigenvalue weighted by Gasteiger charge is -2.20. The van der Waals surface area contributed by atoms with Crippen molar-refractivity contribution >= 4 is 11.9 Å². The Morgan fingerprint density at radius 2 is 1.05 bits per heavy atom. The van der Waals surface area contributed by atoms with Crippen LogP contribution in [0.25, 0.3) is 0 Å². The summed E-state index contributed by atoms with van der Waals surface area (Å²) in [6.07, 6.45) is -2.68. The van der Waals surface area contributed by atoms with E-state index in [2.05, 4.69) is 0 Å². The molecule has 0 saturated carbocycles. The third-order valence-electron chi connectivity index (χ3n) is 2.93. The SMILES string of the molecule is O=C(O)C(OC(C(=O)O)c1ccccc1)c1ccccc1. The molecule has 0 aliphatic carbocycles. The van der Waals surface area contributed by atoms with Gasteiger partial charge in [0.2, 0.25) is 0 Å². The molecule has 0 saturated heterocycles. The second-order valence-electron chi connectivity index (χ2n) is 4.39. The zero-order chi connectivity index (χ0) is 15.2. The Hall–Kier alpha value is -2.66. The molecule has 0 heterocycles. The number of benzene rings is 2. The summed E-state index contributed by atoms with van der Waals surface area (Å²) >= 11 is 0. The molecule has 0 aromatic heterocycles. The molecule has 0 aliphatic heterocycles. The van der Waals surface area contributed by atoms with Crippen molar-refractivity contribution in [1.29, 1.82) is 0 Å². The van der Waals surface area contributed by atoms with E-state index in [9.17, 15) is 19.8 Å². The second-order valence-corrected chi connectivity index (χ2v) is 4.39. The van der Waals surface area contributed by atoms with Crippen LogP contribution in [-0.2, 0) is 14.3 Å². The fourth-order valence-corrected chi connectivity index (χ4v) is 1.95. The summed E-state index contributed by atoms with van der Waals surface area (Å²) in [5.41, 5.74) is 0.791. The summed E-state index contributed by atoms with van der Waals surface area (Å²) in [6, 6.07) is 16.5. The van der Waals surface area contributed by atoms with Gasteiger partial charge < -0.3 is 14.9 Å². The van der Waals surface area contributed by atoms with Crippen LogP contribution >= 0.6 is 0 Å². The van der Waals surface area contributed by atoms with Crippen molar-refractivity contribution in [3.05, 3.63) is 71.8 Å². The molecule has 2 aromatic rings. The summed E-state index contributed by atoms with van der Waals surface area (Å²) in [4.78, 5) is 22.7. The average Bonchev–Trinajstić information content (AvgIpc) is 2.49. The van der Waals surface area contributed by atoms with Crippen LogP contribution in [0.4, 0.5) is 0 Å². The number of hydrogen-bond donors (Lipinski definition) is 2. The first kappa shape index (κ1) is 14.7. The average molecular weight is 286 g/mol. The van der Waals surface area contributed by atoms with Crippen molar-refractivity contribution in [3.8, 4) is 0 Å². The van der Waals surface area contributed by atoms with E-state index in [4.69, 9.17) is 4.74 Å². The molecular formula is C16H14O5. The molecule has 5 heteroatoms. The minimum atomic E-state index is -1.34. The Bertz CT molecular complexity index is 554. The van der Waals surface area contributed by atoms with Crippen LogP contribution < -0.4 is 0 Å². The van der Waals surface area contributed by atoms with Crippen LogP contribution in [0.1, 0.15) is 23.3 Å². The zero-order valence-corrected chi connectivity index (χ0v) is 11.0. The first-order valence-electron chi connectivity index (χ1n) is 6.30. The summed E-state index contributed by atoms with van der Waals surface area (Å²) in [5.74, 6) is -2.47. The fourth-order valence-electron chi connectivity index (χ4n) is 1.95. The first-order valence-corrected chi connectivity index (χ1v) is 6.30. The summed E-state index contributed by atoms with van der Waals surface area (Å²) in [6.45, 7) is 0. The molecule has 2 rings (SSSR count). The minimum absolute atomic E-state index is 0.396. The Morgan fingerprint density at radius 3 is 1.33 bits per heavy atom. The van der Waals surface area contributed by atoms with Crippen LogP contribution in [0.15, 0.2) is 60.7 Å². The zero-order valence-electron chi connectivity index (χ0n) is 11.0. The standard InChI is InChI=1S/C16H14O5/c17-15(18)13(11-7-3-1-4-8-11)21-14(16(19)20)12-9-5-2-6-10-12/h1-10,13-14H,(H,17,18)(H,19,20). The number of carbonyl (C=O) groups is 2. The summed E-state index contributed by atoms with van der Waals surface area (Å²) in [7, 11) is 0. The molecule has 0 spiro atoms. The first-order chi connectivity index (χ1) is 10.1. The Labute approximate surface area is 121 Å². The van der Waals surface area contributed by atoms with E-state index in [1.807, 2.05) is 0 Å². The van der Waals surface area contributed by atoms with Crippen LogP contribution in [0.2, 0.25) is 0 Å². The lowest BCUT2D eigenvalue weighted by atomic mass is 10.1. The van der Waals surface area contributed by atoms with E-state index in [1.165, 1.54) is 0 Å². The molecular weight excluding hydrogens is 272 g/mol. The number of aliphatic carboxylic acids is 2. The van der Waals surface area contributed by atoms with Crippen molar-refractivity contribution in [2.24, 2.45) is 0 Å². The maximum atomic E-state index is 11.4. The molecule has 0 aliphatic rings. The van der Waals surface area contributed by atoms with Crippen molar-refractivity contribution < 1.29 is 24.5 Å². The van der Waals surface area contributed by atoms with Crippen molar-refractivity contribution in [2.75, 3.05) is 0 Å². The topological polar surface area (TPSA) is 83.8 Å². The number of hydrogen-bond acceptors (Lipinski definition) is 3. The van der Waals surface area contributed by atoms with Gasteiger partial charge >= 0.3 is 11.9 Å². The van der Waals surface area contributed by atoms with Crippen molar-refractivity contribution in [1.82, 2.24) is 0 Å². The highest BCUT2D eigenvalue weighted by molar-refractivity contribution is 5.77. The predicted octanol–water partition coefficient (Wildman–Crippen LogP) is 2.65. The molecule has 21 heavy (non-hydrogen) atoms. The number of rotatable bonds is 6. The molecule has 0 bridgehead atoms. The van der Waals surface area contributed by atoms with Gasteiger partial charge in [0, 0.05) is 0 Å². The molecule has 2 unspecified atom stereocenters. The quantitative estimate of drug-likeness (QED) is 0.852. The lowest BCUT2D eigenvalue weighted by Crippen LogP contribution is -2.23. The van der Waals surface area contributed by atoms with E-state index < -0.39 is 24.1 Å². The van der Waals surface area contributed by atoms with Crippen molar-refractivity contribution in [2.45, 2.75) is 12.2 Å². The normalized spacial score (nSPS) is 13.3. The maximum absolute atomic E-state index is 11.4. The van der Waals surface area contributed by atoms with Crippen LogP contribution in [-0.4, -0.2) is 22.2 Å². The predicted molar refractivity (Wildman–Crippen MR) is 74.7 cm³/mol. The van der Waals surface area contributed by atoms with Gasteiger partial charge in [-0.1, -0.05) is 60.7 Å². The molecule has 0 radical (unpaired) electrons. The number of carboxylic acids is 2. The third kappa shape index (κ3) is 3.67. The van der Waals surface area contributed by atoms with E-state index in [1.54, 1.807) is 60.7 Å². The van der Waals surface area contributed by atoms with E-state index in [-0.39, 0.29) is 0 Å². The molecule has 2 atom stereocenters. The Kier molecular flexibility index (Phi) is 4.68. The van der Waals surface area contributed by atoms with E-state index in [0.717, 1.165) is 0 Å². The van der Waals surface area contributed by atoms with Crippen LogP contribution in [0, 0.1) is 0 Å². The molecule has 0 fully saturated rings. The van der Waals surface area contributed by atoms with Crippen molar-refractivity contribution in [3.63, 3.8) is 0 Å².